The van der Waals surface area contributed by atoms with Crippen LogP contribution >= 0.6 is 0 Å². The van der Waals surface area contributed by atoms with Gasteiger partial charge in [0.05, 0.1) is 5.71 Å². The van der Waals surface area contributed by atoms with E-state index in [2.05, 4.69) is 10.2 Å². The van der Waals surface area contributed by atoms with Crippen molar-refractivity contribution in [2.24, 2.45) is 21.7 Å². The third-order valence-electron chi connectivity index (χ3n) is 3.02. The fourth-order valence-electron chi connectivity index (χ4n) is 1.84. The fourth-order valence-corrected chi connectivity index (χ4v) is 1.84. The summed E-state index contributed by atoms with van der Waals surface area (Å²) in [6.07, 6.45) is 6.67. The van der Waals surface area contributed by atoms with Gasteiger partial charge in [0.2, 0.25) is 5.96 Å². The Balaban J connectivity index is 0.000000892. The van der Waals surface area contributed by atoms with Gasteiger partial charge in [0.15, 0.2) is 0 Å². The van der Waals surface area contributed by atoms with Gasteiger partial charge in [-0.25, -0.2) is 0 Å². The molecule has 0 aliphatic rings. The summed E-state index contributed by atoms with van der Waals surface area (Å²) in [5, 5.41) is 40.7. The van der Waals surface area contributed by atoms with E-state index in [0.717, 1.165) is 0 Å². The zero-order valence-corrected chi connectivity index (χ0v) is 14.6. The standard InChI is InChI=1S/C18H18N4O2.HNO3/c19-18(20)22-21-15(11-9-13-5-1-3-7-16(13)23)12-10-14-6-2-4-8-17(14)24;2-1(3)4/h1-12,23-24H,(H4,19,20,22);(H,2,3,4)/b11-9-,12-10+,21-15?;. The Labute approximate surface area is 160 Å². The highest BCUT2D eigenvalue weighted by molar-refractivity contribution is 6.09. The van der Waals surface area contributed by atoms with E-state index in [1.54, 1.807) is 60.7 Å². The number of hydrogen-bond donors (Lipinski definition) is 5. The van der Waals surface area contributed by atoms with Crippen molar-refractivity contribution in [1.82, 2.24) is 0 Å². The molecule has 28 heavy (non-hydrogen) atoms. The summed E-state index contributed by atoms with van der Waals surface area (Å²) in [5.41, 5.74) is 12.3. The van der Waals surface area contributed by atoms with Gasteiger partial charge in [-0.3, -0.25) is 0 Å². The molecule has 2 aromatic carbocycles. The van der Waals surface area contributed by atoms with Crippen LogP contribution in [0.2, 0.25) is 0 Å². The average molecular weight is 385 g/mol. The minimum absolute atomic E-state index is 0.152. The van der Waals surface area contributed by atoms with Crippen molar-refractivity contribution in [3.8, 4) is 11.5 Å². The molecule has 0 aliphatic carbocycles. The lowest BCUT2D eigenvalue weighted by Gasteiger charge is -1.99. The van der Waals surface area contributed by atoms with E-state index in [4.69, 9.17) is 26.8 Å². The normalized spacial score (nSPS) is 11.1. The summed E-state index contributed by atoms with van der Waals surface area (Å²) in [6.45, 7) is 0. The molecule has 146 valence electrons. The van der Waals surface area contributed by atoms with E-state index >= 15 is 0 Å². The number of allylic oxidation sites excluding steroid dienone is 2. The monoisotopic (exact) mass is 385 g/mol. The molecule has 7 N–H and O–H groups in total. The number of guanidine groups is 1. The first-order valence-corrected chi connectivity index (χ1v) is 7.71. The summed E-state index contributed by atoms with van der Waals surface area (Å²) in [4.78, 5) is 8.36. The van der Waals surface area contributed by atoms with Gasteiger partial charge >= 0.3 is 0 Å². The first-order valence-electron chi connectivity index (χ1n) is 7.71. The number of benzene rings is 2. The van der Waals surface area contributed by atoms with Gasteiger partial charge in [0.25, 0.3) is 5.09 Å². The van der Waals surface area contributed by atoms with E-state index in [1.165, 1.54) is 0 Å². The minimum Gasteiger partial charge on any atom is -0.507 e. The Morgan fingerprint density at radius 3 is 1.64 bits per heavy atom. The van der Waals surface area contributed by atoms with Crippen LogP contribution in [0.15, 0.2) is 70.9 Å². The molecule has 0 atom stereocenters. The zero-order valence-electron chi connectivity index (χ0n) is 14.6. The second-order valence-electron chi connectivity index (χ2n) is 5.07. The van der Waals surface area contributed by atoms with Crippen molar-refractivity contribution >= 4 is 23.8 Å². The lowest BCUT2D eigenvalue weighted by Crippen LogP contribution is -2.22. The van der Waals surface area contributed by atoms with E-state index < -0.39 is 5.09 Å². The molecule has 0 aliphatic heterocycles. The third-order valence-corrected chi connectivity index (χ3v) is 3.02. The third kappa shape index (κ3) is 8.67. The molecule has 0 heterocycles. The Kier molecular flexibility index (Phi) is 8.77. The topological polar surface area (TPSA) is 181 Å². The van der Waals surface area contributed by atoms with Crippen molar-refractivity contribution in [2.75, 3.05) is 0 Å². The molecule has 0 aromatic heterocycles. The molecule has 0 unspecified atom stereocenters. The number of nitrogens with zero attached hydrogens (tertiary/aromatic N) is 3. The predicted molar refractivity (Wildman–Crippen MR) is 106 cm³/mol. The number of aromatic hydroxyl groups is 2. The first-order chi connectivity index (χ1) is 13.3. The van der Waals surface area contributed by atoms with Crippen LogP contribution in [0.4, 0.5) is 0 Å². The van der Waals surface area contributed by atoms with Crippen molar-refractivity contribution in [3.05, 3.63) is 81.9 Å². The summed E-state index contributed by atoms with van der Waals surface area (Å²) < 4.78 is 0. The van der Waals surface area contributed by atoms with E-state index in [-0.39, 0.29) is 17.5 Å². The SMILES string of the molecule is NC(N)=NN=C(/C=C\c1ccccc1O)/C=C/c1ccccc1O.O=[N+]([O-])O. The van der Waals surface area contributed by atoms with Crippen LogP contribution < -0.4 is 11.5 Å². The lowest BCUT2D eigenvalue weighted by atomic mass is 10.1. The molecule has 0 amide bonds. The van der Waals surface area contributed by atoms with Crippen molar-refractivity contribution in [3.63, 3.8) is 0 Å². The summed E-state index contributed by atoms with van der Waals surface area (Å²) >= 11 is 0. The van der Waals surface area contributed by atoms with Gasteiger partial charge in [0, 0.05) is 11.1 Å². The second-order valence-corrected chi connectivity index (χ2v) is 5.07. The Morgan fingerprint density at radius 2 is 1.29 bits per heavy atom. The number of para-hydroxylation sites is 2. The van der Waals surface area contributed by atoms with Gasteiger partial charge in [-0.1, -0.05) is 36.4 Å². The fraction of sp³-hybridized carbons (Fsp3) is 0. The van der Waals surface area contributed by atoms with Gasteiger partial charge < -0.3 is 26.9 Å². The smallest absolute Gasteiger partial charge is 0.291 e. The summed E-state index contributed by atoms with van der Waals surface area (Å²) in [5.74, 6) is 0.138. The molecule has 0 fully saturated rings. The number of phenolic OH excluding ortho intramolecular Hbond substituents is 2. The number of nitrogens with two attached hydrogens (primary N) is 2. The highest BCUT2D eigenvalue weighted by atomic mass is 16.9. The molecule has 0 bridgehead atoms. The maximum Gasteiger partial charge on any atom is 0.291 e. The van der Waals surface area contributed by atoms with E-state index in [1.807, 2.05) is 12.1 Å². The van der Waals surface area contributed by atoms with E-state index in [0.29, 0.717) is 16.8 Å². The molecule has 0 saturated heterocycles. The molecule has 0 saturated carbocycles. The van der Waals surface area contributed by atoms with Gasteiger partial charge in [-0.15, -0.1) is 20.3 Å². The van der Waals surface area contributed by atoms with Crippen molar-refractivity contribution in [1.29, 1.82) is 0 Å². The van der Waals surface area contributed by atoms with Gasteiger partial charge in [-0.2, -0.15) is 0 Å². The van der Waals surface area contributed by atoms with Crippen LogP contribution in [-0.2, 0) is 0 Å². The zero-order chi connectivity index (χ0) is 20.9. The Hall–Kier alpha value is -4.34. The molecule has 0 radical (unpaired) electrons. The molecule has 0 spiro atoms. The molecule has 10 heteroatoms. The van der Waals surface area contributed by atoms with Crippen LogP contribution in [-0.4, -0.2) is 32.2 Å². The van der Waals surface area contributed by atoms with Crippen LogP contribution in [0, 0.1) is 10.1 Å². The lowest BCUT2D eigenvalue weighted by molar-refractivity contribution is -0.742. The maximum absolute atomic E-state index is 9.78. The molecule has 10 nitrogen and oxygen atoms in total. The first kappa shape index (κ1) is 21.7. The minimum atomic E-state index is -1.50. The average Bonchev–Trinajstić information content (AvgIpc) is 2.63. The van der Waals surface area contributed by atoms with E-state index in [9.17, 15) is 10.2 Å². The number of hydrogen-bond acceptors (Lipinski definition) is 6. The molecule has 2 rings (SSSR count). The number of rotatable bonds is 5. The summed E-state index contributed by atoms with van der Waals surface area (Å²) in [7, 11) is 0. The largest absolute Gasteiger partial charge is 0.507 e. The van der Waals surface area contributed by atoms with Crippen molar-refractivity contribution in [2.45, 2.75) is 0 Å². The predicted octanol–water partition coefficient (Wildman–Crippen LogP) is 2.11. The quantitative estimate of drug-likeness (QED) is 0.226. The van der Waals surface area contributed by atoms with Gasteiger partial charge in [0.1, 0.15) is 11.5 Å². The highest BCUT2D eigenvalue weighted by Gasteiger charge is 1.97. The molecular formula is C18H19N5O5. The maximum atomic E-state index is 9.78. The number of phenols is 2. The molecule has 2 aromatic rings. The van der Waals surface area contributed by atoms with Crippen LogP contribution in [0.5, 0.6) is 11.5 Å². The summed E-state index contributed by atoms with van der Waals surface area (Å²) in [6, 6.07) is 13.8. The highest BCUT2D eigenvalue weighted by Crippen LogP contribution is 2.18. The second kappa shape index (κ2) is 11.3. The van der Waals surface area contributed by atoms with Gasteiger partial charge in [-0.05, 0) is 36.4 Å². The van der Waals surface area contributed by atoms with Crippen molar-refractivity contribution < 1.29 is 20.5 Å². The van der Waals surface area contributed by atoms with Crippen LogP contribution in [0.3, 0.4) is 0 Å². The molecular weight excluding hydrogens is 366 g/mol. The Bertz CT molecular complexity index is 857. The van der Waals surface area contributed by atoms with Crippen LogP contribution in [0.25, 0.3) is 12.2 Å². The van der Waals surface area contributed by atoms with Crippen LogP contribution in [0.1, 0.15) is 11.1 Å². The Morgan fingerprint density at radius 1 is 0.893 bits per heavy atom.